The highest BCUT2D eigenvalue weighted by Crippen LogP contribution is 2.37. The van der Waals surface area contributed by atoms with Gasteiger partial charge in [0, 0.05) is 5.69 Å². The zero-order chi connectivity index (χ0) is 22.1. The fourth-order valence-electron chi connectivity index (χ4n) is 2.02. The van der Waals surface area contributed by atoms with E-state index in [0.717, 1.165) is 0 Å². The van der Waals surface area contributed by atoms with E-state index in [9.17, 15) is 49.1 Å². The Morgan fingerprint density at radius 3 is 1.66 bits per heavy atom. The normalized spacial score (nSPS) is 11.9. The third kappa shape index (κ3) is 5.18. The Labute approximate surface area is 155 Å². The van der Waals surface area contributed by atoms with Crippen LogP contribution in [0.15, 0.2) is 30.3 Å². The van der Waals surface area contributed by atoms with Gasteiger partial charge in [0.1, 0.15) is 0 Å². The maximum absolute atomic E-state index is 13.5. The largest absolute Gasteiger partial charge is 0.416 e. The molecule has 2 rings (SSSR count). The van der Waals surface area contributed by atoms with Crippen molar-refractivity contribution in [1.82, 2.24) is 0 Å². The molecule has 13 heteroatoms. The van der Waals surface area contributed by atoms with Gasteiger partial charge in [-0.15, -0.1) is 0 Å². The number of rotatable bonds is 2. The molecule has 2 amide bonds. The Morgan fingerprint density at radius 2 is 1.17 bits per heavy atom. The average molecular weight is 430 g/mol. The number of nitrogens with one attached hydrogen (secondary N) is 2. The van der Waals surface area contributed by atoms with Crippen molar-refractivity contribution in [3.8, 4) is 0 Å². The van der Waals surface area contributed by atoms with E-state index in [2.05, 4.69) is 0 Å². The van der Waals surface area contributed by atoms with Gasteiger partial charge in [-0.05, 0) is 30.3 Å². The van der Waals surface area contributed by atoms with Gasteiger partial charge < -0.3 is 10.6 Å². The van der Waals surface area contributed by atoms with Crippen molar-refractivity contribution >= 4 is 23.2 Å². The Morgan fingerprint density at radius 1 is 0.690 bits per heavy atom. The summed E-state index contributed by atoms with van der Waals surface area (Å²) in [5, 5.41) is 3.00. The summed E-state index contributed by atoms with van der Waals surface area (Å²) in [6, 6.07) is 1.03. The van der Waals surface area contributed by atoms with E-state index in [1.807, 2.05) is 0 Å². The van der Waals surface area contributed by atoms with Crippen molar-refractivity contribution < 1.29 is 49.1 Å². The second-order valence-corrected chi connectivity index (χ2v) is 5.43. The number of halogens is 9. The maximum atomic E-state index is 13.5. The summed E-state index contributed by atoms with van der Waals surface area (Å²) in [4.78, 5) is 23.4. The minimum absolute atomic E-state index is 0.137. The smallest absolute Gasteiger partial charge is 0.318 e. The van der Waals surface area contributed by atoms with Crippen LogP contribution in [0.2, 0.25) is 0 Å². The van der Waals surface area contributed by atoms with Gasteiger partial charge in [-0.3, -0.25) is 9.59 Å². The minimum Gasteiger partial charge on any atom is -0.318 e. The van der Waals surface area contributed by atoms with Gasteiger partial charge in [-0.2, -0.15) is 26.3 Å². The molecular formula is C16H7F9N2O2. The van der Waals surface area contributed by atoms with Gasteiger partial charge in [-0.25, -0.2) is 13.2 Å². The van der Waals surface area contributed by atoms with Crippen molar-refractivity contribution in [1.29, 1.82) is 0 Å². The van der Waals surface area contributed by atoms with Gasteiger partial charge in [-0.1, -0.05) is 0 Å². The number of carbonyl (C=O) groups is 2. The molecule has 0 unspecified atom stereocenters. The highest BCUT2D eigenvalue weighted by Gasteiger charge is 2.37. The van der Waals surface area contributed by atoms with Crippen LogP contribution >= 0.6 is 0 Å². The molecule has 0 aliphatic heterocycles. The second kappa shape index (κ2) is 7.64. The van der Waals surface area contributed by atoms with Crippen LogP contribution < -0.4 is 10.6 Å². The summed E-state index contributed by atoms with van der Waals surface area (Å²) >= 11 is 0. The molecule has 0 aliphatic carbocycles. The van der Waals surface area contributed by atoms with Crippen LogP contribution in [0.1, 0.15) is 11.1 Å². The summed E-state index contributed by atoms with van der Waals surface area (Å²) in [5.41, 5.74) is -5.52. The van der Waals surface area contributed by atoms with Crippen LogP contribution in [-0.2, 0) is 21.9 Å². The van der Waals surface area contributed by atoms with Crippen LogP contribution in [0, 0.1) is 17.5 Å². The standard InChI is InChI=1S/C16H7F9N2O2/c17-9-1-2-10(12(19)11(9)18)27-14(29)13(28)26-8-4-6(15(20,21)22)3-7(5-8)16(23,24)25/h1-5H,(H,26,28)(H,27,29). The summed E-state index contributed by atoms with van der Waals surface area (Å²) < 4.78 is 116. The quantitative estimate of drug-likeness (QED) is 0.412. The minimum atomic E-state index is -5.20. The number of hydrogen-bond donors (Lipinski definition) is 2. The lowest BCUT2D eigenvalue weighted by atomic mass is 10.1. The van der Waals surface area contributed by atoms with E-state index >= 15 is 0 Å². The number of amides is 2. The Kier molecular flexibility index (Phi) is 5.81. The van der Waals surface area contributed by atoms with Crippen molar-refractivity contribution in [3.63, 3.8) is 0 Å². The lowest BCUT2D eigenvalue weighted by Gasteiger charge is -2.14. The third-order valence-corrected chi connectivity index (χ3v) is 3.34. The van der Waals surface area contributed by atoms with Gasteiger partial charge in [0.2, 0.25) is 0 Å². The molecule has 156 valence electrons. The molecule has 0 atom stereocenters. The molecule has 0 heterocycles. The molecule has 0 aromatic heterocycles. The van der Waals surface area contributed by atoms with Crippen molar-refractivity contribution in [2.75, 3.05) is 10.6 Å². The molecule has 0 aliphatic rings. The molecule has 2 aromatic rings. The van der Waals surface area contributed by atoms with Gasteiger partial charge in [0.25, 0.3) is 0 Å². The lowest BCUT2D eigenvalue weighted by Crippen LogP contribution is -2.30. The number of alkyl halides is 6. The number of hydrogen-bond acceptors (Lipinski definition) is 2. The van der Waals surface area contributed by atoms with Crippen LogP contribution in [0.4, 0.5) is 50.9 Å². The first-order valence-electron chi connectivity index (χ1n) is 7.25. The molecule has 0 bridgehead atoms. The molecule has 2 N–H and O–H groups in total. The highest BCUT2D eigenvalue weighted by atomic mass is 19.4. The third-order valence-electron chi connectivity index (χ3n) is 3.34. The topological polar surface area (TPSA) is 58.2 Å². The molecular weight excluding hydrogens is 423 g/mol. The predicted octanol–water partition coefficient (Wildman–Crippen LogP) is 4.72. The monoisotopic (exact) mass is 430 g/mol. The van der Waals surface area contributed by atoms with Crippen molar-refractivity contribution in [2.45, 2.75) is 12.4 Å². The molecule has 29 heavy (non-hydrogen) atoms. The van der Waals surface area contributed by atoms with Crippen LogP contribution in [0.5, 0.6) is 0 Å². The Bertz CT molecular complexity index is 936. The summed E-state index contributed by atoms with van der Waals surface area (Å²) in [5.74, 6) is -9.00. The van der Waals surface area contributed by atoms with Crippen LogP contribution in [-0.4, -0.2) is 11.8 Å². The van der Waals surface area contributed by atoms with Gasteiger partial charge in [0.15, 0.2) is 17.5 Å². The summed E-state index contributed by atoms with van der Waals surface area (Å²) in [7, 11) is 0. The summed E-state index contributed by atoms with van der Waals surface area (Å²) in [6.45, 7) is 0. The predicted molar refractivity (Wildman–Crippen MR) is 80.0 cm³/mol. The second-order valence-electron chi connectivity index (χ2n) is 5.43. The molecule has 0 spiro atoms. The van der Waals surface area contributed by atoms with Crippen LogP contribution in [0.3, 0.4) is 0 Å². The first-order chi connectivity index (χ1) is 13.2. The van der Waals surface area contributed by atoms with E-state index in [1.165, 1.54) is 10.6 Å². The number of benzene rings is 2. The fraction of sp³-hybridized carbons (Fsp3) is 0.125. The van der Waals surface area contributed by atoms with E-state index < -0.39 is 64.1 Å². The van der Waals surface area contributed by atoms with E-state index in [0.29, 0.717) is 12.1 Å². The first kappa shape index (κ1) is 22.0. The van der Waals surface area contributed by atoms with Gasteiger partial charge in [0.05, 0.1) is 16.8 Å². The van der Waals surface area contributed by atoms with Crippen molar-refractivity contribution in [2.24, 2.45) is 0 Å². The lowest BCUT2D eigenvalue weighted by molar-refractivity contribution is -0.143. The average Bonchev–Trinajstić information content (AvgIpc) is 2.60. The number of anilines is 2. The zero-order valence-corrected chi connectivity index (χ0v) is 13.6. The first-order valence-corrected chi connectivity index (χ1v) is 7.25. The summed E-state index contributed by atoms with van der Waals surface area (Å²) in [6.07, 6.45) is -10.4. The van der Waals surface area contributed by atoms with E-state index in [-0.39, 0.29) is 18.2 Å². The van der Waals surface area contributed by atoms with Crippen molar-refractivity contribution in [3.05, 3.63) is 58.9 Å². The number of carbonyl (C=O) groups excluding carboxylic acids is 2. The molecule has 0 saturated heterocycles. The Hall–Kier alpha value is -3.25. The molecule has 0 fully saturated rings. The molecule has 4 nitrogen and oxygen atoms in total. The Balaban J connectivity index is 2.28. The molecule has 0 radical (unpaired) electrons. The van der Waals surface area contributed by atoms with Crippen LogP contribution in [0.25, 0.3) is 0 Å². The zero-order valence-electron chi connectivity index (χ0n) is 13.6. The van der Waals surface area contributed by atoms with Gasteiger partial charge >= 0.3 is 24.2 Å². The maximum Gasteiger partial charge on any atom is 0.416 e. The SMILES string of the molecule is O=C(Nc1cc(C(F)(F)F)cc(C(F)(F)F)c1)C(=O)Nc1ccc(F)c(F)c1F. The van der Waals surface area contributed by atoms with E-state index in [4.69, 9.17) is 0 Å². The van der Waals surface area contributed by atoms with E-state index in [1.54, 1.807) is 0 Å². The highest BCUT2D eigenvalue weighted by molar-refractivity contribution is 6.43. The molecule has 0 saturated carbocycles. The molecule has 2 aromatic carbocycles. The fourth-order valence-corrected chi connectivity index (χ4v) is 2.02.